The Morgan fingerprint density at radius 3 is 2.52 bits per heavy atom. The van der Waals surface area contributed by atoms with Crippen molar-refractivity contribution in [3.05, 3.63) is 23.8 Å². The van der Waals surface area contributed by atoms with Crippen LogP contribution >= 0.6 is 10.7 Å². The highest BCUT2D eigenvalue weighted by Gasteiger charge is 2.19. The Morgan fingerprint density at radius 1 is 1.24 bits per heavy atom. The highest BCUT2D eigenvalue weighted by atomic mass is 35.7. The number of benzene rings is 1. The summed E-state index contributed by atoms with van der Waals surface area (Å²) in [4.78, 5) is 11.8. The van der Waals surface area contributed by atoms with Crippen LogP contribution in [0.1, 0.15) is 43.0 Å². The van der Waals surface area contributed by atoms with Crippen molar-refractivity contribution in [3.63, 3.8) is 0 Å². The van der Waals surface area contributed by atoms with Crippen molar-refractivity contribution in [2.75, 3.05) is 13.7 Å². The lowest BCUT2D eigenvalue weighted by molar-refractivity contribution is 0.0494. The summed E-state index contributed by atoms with van der Waals surface area (Å²) in [5.74, 6) is -0.372. The van der Waals surface area contributed by atoms with Crippen LogP contribution in [-0.4, -0.2) is 28.1 Å². The van der Waals surface area contributed by atoms with E-state index in [1.807, 2.05) is 0 Å². The SMILES string of the molecule is CCCCCCOC(=O)c1cc(S(=O)(=O)Cl)ccc1OC. The second-order valence-electron chi connectivity index (χ2n) is 4.50. The van der Waals surface area contributed by atoms with Gasteiger partial charge in [0, 0.05) is 10.7 Å². The van der Waals surface area contributed by atoms with E-state index >= 15 is 0 Å². The molecule has 0 aliphatic rings. The van der Waals surface area contributed by atoms with Crippen LogP contribution < -0.4 is 4.74 Å². The Kier molecular flexibility index (Phi) is 6.98. The molecule has 0 heterocycles. The number of carbonyl (C=O) groups excluding carboxylic acids is 1. The molecule has 0 saturated heterocycles. The molecule has 7 heteroatoms. The fourth-order valence-corrected chi connectivity index (χ4v) is 2.55. The van der Waals surface area contributed by atoms with Crippen LogP contribution in [0.25, 0.3) is 0 Å². The van der Waals surface area contributed by atoms with Crippen LogP contribution in [0.2, 0.25) is 0 Å². The summed E-state index contributed by atoms with van der Waals surface area (Å²) in [6, 6.07) is 3.82. The summed E-state index contributed by atoms with van der Waals surface area (Å²) >= 11 is 0. The molecule has 0 atom stereocenters. The molecule has 0 aliphatic heterocycles. The summed E-state index contributed by atoms with van der Waals surface area (Å²) < 4.78 is 32.8. The van der Waals surface area contributed by atoms with E-state index in [4.69, 9.17) is 20.2 Å². The zero-order valence-electron chi connectivity index (χ0n) is 12.1. The van der Waals surface area contributed by atoms with Gasteiger partial charge in [-0.15, -0.1) is 0 Å². The zero-order chi connectivity index (χ0) is 15.9. The molecule has 0 aromatic heterocycles. The maximum absolute atomic E-state index is 12.0. The van der Waals surface area contributed by atoms with Gasteiger partial charge in [0.05, 0.1) is 18.6 Å². The fourth-order valence-electron chi connectivity index (χ4n) is 1.77. The van der Waals surface area contributed by atoms with Gasteiger partial charge in [0.1, 0.15) is 11.3 Å². The van der Waals surface area contributed by atoms with Gasteiger partial charge < -0.3 is 9.47 Å². The number of rotatable bonds is 8. The standard InChI is InChI=1S/C14H19ClO5S/c1-3-4-5-6-9-20-14(16)12-10-11(21(15,17)18)7-8-13(12)19-2/h7-8,10H,3-6,9H2,1-2H3. The molecule has 0 saturated carbocycles. The molecule has 1 aromatic rings. The fraction of sp³-hybridized carbons (Fsp3) is 0.500. The van der Waals surface area contributed by atoms with Crippen molar-refractivity contribution in [2.24, 2.45) is 0 Å². The Hall–Kier alpha value is -1.27. The number of unbranched alkanes of at least 4 members (excludes halogenated alkanes) is 3. The van der Waals surface area contributed by atoms with E-state index in [1.54, 1.807) is 0 Å². The quantitative estimate of drug-likeness (QED) is 0.414. The van der Waals surface area contributed by atoms with Crippen molar-refractivity contribution in [3.8, 4) is 5.75 Å². The molecular formula is C14H19ClO5S. The van der Waals surface area contributed by atoms with Gasteiger partial charge in [0.2, 0.25) is 0 Å². The van der Waals surface area contributed by atoms with E-state index < -0.39 is 15.0 Å². The number of ether oxygens (including phenoxy) is 2. The average Bonchev–Trinajstić information content (AvgIpc) is 2.45. The Labute approximate surface area is 129 Å². The van der Waals surface area contributed by atoms with Crippen LogP contribution in [0.15, 0.2) is 23.1 Å². The van der Waals surface area contributed by atoms with E-state index in [2.05, 4.69) is 6.92 Å². The van der Waals surface area contributed by atoms with Crippen molar-refractivity contribution >= 4 is 25.7 Å². The van der Waals surface area contributed by atoms with Crippen LogP contribution in [0.5, 0.6) is 5.75 Å². The van der Waals surface area contributed by atoms with Gasteiger partial charge in [-0.25, -0.2) is 13.2 Å². The van der Waals surface area contributed by atoms with Gasteiger partial charge in [0.25, 0.3) is 9.05 Å². The van der Waals surface area contributed by atoms with Crippen LogP contribution in [0.4, 0.5) is 0 Å². The molecule has 118 valence electrons. The van der Waals surface area contributed by atoms with E-state index in [1.165, 1.54) is 19.2 Å². The smallest absolute Gasteiger partial charge is 0.341 e. The lowest BCUT2D eigenvalue weighted by Crippen LogP contribution is -2.09. The van der Waals surface area contributed by atoms with Gasteiger partial charge in [-0.05, 0) is 24.6 Å². The lowest BCUT2D eigenvalue weighted by atomic mass is 10.2. The number of hydrogen-bond donors (Lipinski definition) is 0. The Balaban J connectivity index is 2.82. The molecule has 0 amide bonds. The average molecular weight is 335 g/mol. The normalized spacial score (nSPS) is 11.2. The Bertz CT molecular complexity index is 583. The highest BCUT2D eigenvalue weighted by molar-refractivity contribution is 8.13. The molecule has 0 radical (unpaired) electrons. The van der Waals surface area contributed by atoms with Gasteiger partial charge in [-0.1, -0.05) is 26.2 Å². The molecule has 1 aromatic carbocycles. The summed E-state index contributed by atoms with van der Waals surface area (Å²) in [7, 11) is 2.76. The summed E-state index contributed by atoms with van der Waals surface area (Å²) in [5, 5.41) is 0. The summed E-state index contributed by atoms with van der Waals surface area (Å²) in [5.41, 5.74) is 0.0507. The lowest BCUT2D eigenvalue weighted by Gasteiger charge is -2.09. The van der Waals surface area contributed by atoms with E-state index in [0.29, 0.717) is 6.61 Å². The molecular weight excluding hydrogens is 316 g/mol. The van der Waals surface area contributed by atoms with Crippen molar-refractivity contribution in [1.29, 1.82) is 0 Å². The first-order chi connectivity index (χ1) is 9.90. The third-order valence-electron chi connectivity index (χ3n) is 2.90. The number of carbonyl (C=O) groups is 1. The zero-order valence-corrected chi connectivity index (χ0v) is 13.7. The van der Waals surface area contributed by atoms with Crippen LogP contribution in [-0.2, 0) is 13.8 Å². The molecule has 0 aliphatic carbocycles. The molecule has 5 nitrogen and oxygen atoms in total. The Morgan fingerprint density at radius 2 is 1.95 bits per heavy atom. The monoisotopic (exact) mass is 334 g/mol. The third-order valence-corrected chi connectivity index (χ3v) is 4.25. The summed E-state index contributed by atoms with van der Waals surface area (Å²) in [6.45, 7) is 2.38. The van der Waals surface area contributed by atoms with Crippen LogP contribution in [0.3, 0.4) is 0 Å². The first kappa shape index (κ1) is 17.8. The first-order valence-electron chi connectivity index (χ1n) is 6.70. The number of hydrogen-bond acceptors (Lipinski definition) is 5. The van der Waals surface area contributed by atoms with Crippen molar-refractivity contribution < 1.29 is 22.7 Å². The van der Waals surface area contributed by atoms with Crippen LogP contribution in [0, 0.1) is 0 Å². The molecule has 0 N–H and O–H groups in total. The molecule has 0 spiro atoms. The summed E-state index contributed by atoms with van der Waals surface area (Å²) in [6.07, 6.45) is 3.94. The third kappa shape index (κ3) is 5.55. The molecule has 21 heavy (non-hydrogen) atoms. The number of esters is 1. The number of methoxy groups -OCH3 is 1. The molecule has 1 rings (SSSR count). The minimum absolute atomic E-state index is 0.0507. The predicted molar refractivity (Wildman–Crippen MR) is 80.5 cm³/mol. The highest BCUT2D eigenvalue weighted by Crippen LogP contribution is 2.25. The predicted octanol–water partition coefficient (Wildman–Crippen LogP) is 3.36. The second-order valence-corrected chi connectivity index (χ2v) is 7.06. The van der Waals surface area contributed by atoms with E-state index in [-0.39, 0.29) is 16.2 Å². The van der Waals surface area contributed by atoms with Crippen molar-refractivity contribution in [1.82, 2.24) is 0 Å². The molecule has 0 fully saturated rings. The maximum atomic E-state index is 12.0. The molecule has 0 bridgehead atoms. The van der Waals surface area contributed by atoms with E-state index in [9.17, 15) is 13.2 Å². The van der Waals surface area contributed by atoms with Gasteiger partial charge in [0.15, 0.2) is 0 Å². The molecule has 0 unspecified atom stereocenters. The van der Waals surface area contributed by atoms with Gasteiger partial charge >= 0.3 is 5.97 Å². The van der Waals surface area contributed by atoms with Crippen molar-refractivity contribution in [2.45, 2.75) is 37.5 Å². The minimum Gasteiger partial charge on any atom is -0.496 e. The minimum atomic E-state index is -3.91. The topological polar surface area (TPSA) is 69.7 Å². The number of halogens is 1. The van der Waals surface area contributed by atoms with E-state index in [0.717, 1.165) is 31.7 Å². The van der Waals surface area contributed by atoms with Gasteiger partial charge in [-0.2, -0.15) is 0 Å². The maximum Gasteiger partial charge on any atom is 0.341 e. The largest absolute Gasteiger partial charge is 0.496 e. The first-order valence-corrected chi connectivity index (χ1v) is 9.01. The van der Waals surface area contributed by atoms with Gasteiger partial charge in [-0.3, -0.25) is 0 Å². The second kappa shape index (κ2) is 8.24.